The van der Waals surface area contributed by atoms with Crippen LogP contribution in [0.25, 0.3) is 11.0 Å². The van der Waals surface area contributed by atoms with Crippen molar-refractivity contribution >= 4 is 22.7 Å². The van der Waals surface area contributed by atoms with Gasteiger partial charge in [-0.2, -0.15) is 0 Å². The molecule has 2 heterocycles. The van der Waals surface area contributed by atoms with Gasteiger partial charge >= 0.3 is 0 Å². The highest BCUT2D eigenvalue weighted by Crippen LogP contribution is 2.21. The zero-order valence-corrected chi connectivity index (χ0v) is 14.7. The number of rotatable bonds is 6. The first kappa shape index (κ1) is 17.3. The average molecular weight is 341 g/mol. The summed E-state index contributed by atoms with van der Waals surface area (Å²) in [6.07, 6.45) is 4.20. The number of fused-ring (bicyclic) bond motifs is 1. The third-order valence-electron chi connectivity index (χ3n) is 4.58. The molecule has 7 heteroatoms. The van der Waals surface area contributed by atoms with E-state index in [4.69, 9.17) is 4.74 Å². The number of carbonyl (C=O) groups excluding carboxylic acids is 1. The second-order valence-electron chi connectivity index (χ2n) is 6.21. The van der Waals surface area contributed by atoms with E-state index in [-0.39, 0.29) is 5.78 Å². The summed E-state index contributed by atoms with van der Waals surface area (Å²) < 4.78 is 5.51. The van der Waals surface area contributed by atoms with E-state index in [0.717, 1.165) is 25.0 Å². The van der Waals surface area contributed by atoms with Gasteiger partial charge in [-0.15, -0.1) is 11.7 Å². The maximum absolute atomic E-state index is 12.1. The average Bonchev–Trinajstić information content (AvgIpc) is 3.23. The van der Waals surface area contributed by atoms with Crippen molar-refractivity contribution in [3.8, 4) is 0 Å². The van der Waals surface area contributed by atoms with Crippen LogP contribution in [0.4, 0.5) is 0 Å². The van der Waals surface area contributed by atoms with Gasteiger partial charge in [-0.05, 0) is 38.4 Å². The minimum atomic E-state index is -0.0506. The van der Waals surface area contributed by atoms with E-state index in [2.05, 4.69) is 31.9 Å². The van der Waals surface area contributed by atoms with E-state index >= 15 is 0 Å². The fourth-order valence-corrected chi connectivity index (χ4v) is 3.32. The van der Waals surface area contributed by atoms with Gasteiger partial charge in [-0.3, -0.25) is 14.8 Å². The number of ketones is 1. The van der Waals surface area contributed by atoms with Crippen LogP contribution in [0.2, 0.25) is 0 Å². The quantitative estimate of drug-likeness (QED) is 0.377. The fourth-order valence-electron chi connectivity index (χ4n) is 3.32. The van der Waals surface area contributed by atoms with Gasteiger partial charge in [0.15, 0.2) is 5.78 Å². The summed E-state index contributed by atoms with van der Waals surface area (Å²) in [5, 5.41) is 10.6. The van der Waals surface area contributed by atoms with Crippen molar-refractivity contribution in [2.75, 3.05) is 26.7 Å². The molecule has 1 fully saturated rings. The highest BCUT2D eigenvalue weighted by Gasteiger charge is 2.24. The number of hydrogen-bond donors (Lipinski definition) is 1. The molecule has 1 unspecified atom stereocenters. The van der Waals surface area contributed by atoms with Crippen LogP contribution in [-0.2, 0) is 4.74 Å². The van der Waals surface area contributed by atoms with Crippen molar-refractivity contribution in [1.29, 1.82) is 0 Å². The topological polar surface area (TPSA) is 83.5 Å². The van der Waals surface area contributed by atoms with Gasteiger partial charge in [0, 0.05) is 23.7 Å². The Bertz CT molecular complexity index is 811. The van der Waals surface area contributed by atoms with Crippen molar-refractivity contribution in [3.05, 3.63) is 35.9 Å². The number of aliphatic imine (C=N–C) groups is 1. The molecule has 0 spiro atoms. The second kappa shape index (κ2) is 7.57. The van der Waals surface area contributed by atoms with Gasteiger partial charge in [-0.25, -0.2) is 4.99 Å². The van der Waals surface area contributed by atoms with Crippen molar-refractivity contribution in [1.82, 2.24) is 20.3 Å². The molecule has 1 aliphatic rings. The van der Waals surface area contributed by atoms with Crippen LogP contribution in [0.15, 0.2) is 29.8 Å². The maximum atomic E-state index is 12.1. The smallest absolute Gasteiger partial charge is 0.216 e. The normalized spacial score (nSPS) is 18.6. The summed E-state index contributed by atoms with van der Waals surface area (Å²) in [5.41, 5.74) is 2.61. The number of nitrogens with one attached hydrogen (secondary N) is 1. The third-order valence-corrected chi connectivity index (χ3v) is 4.58. The molecule has 1 aliphatic heterocycles. The Kier molecular flexibility index (Phi) is 5.23. The van der Waals surface area contributed by atoms with E-state index in [1.807, 2.05) is 6.08 Å². The molecule has 1 aromatic heterocycles. The van der Waals surface area contributed by atoms with Gasteiger partial charge in [0.05, 0.1) is 19.2 Å². The number of H-pyrrole nitrogens is 1. The molecule has 1 N–H and O–H groups in total. The number of benzene rings is 1. The Labute approximate surface area is 146 Å². The Morgan fingerprint density at radius 1 is 1.52 bits per heavy atom. The summed E-state index contributed by atoms with van der Waals surface area (Å²) in [5.74, 6) is 0.408. The van der Waals surface area contributed by atoms with E-state index in [0.29, 0.717) is 35.1 Å². The lowest BCUT2D eigenvalue weighted by molar-refractivity contribution is 0.101. The van der Waals surface area contributed by atoms with Gasteiger partial charge < -0.3 is 4.74 Å². The SMILES string of the molecule is C=CCN1CCCC1C/N=C(\OC)c1cc2nn[nH]c2cc1C(C)=O. The first-order valence-electron chi connectivity index (χ1n) is 8.43. The van der Waals surface area contributed by atoms with Gasteiger partial charge in [-0.1, -0.05) is 11.3 Å². The first-order valence-corrected chi connectivity index (χ1v) is 8.43. The predicted octanol–water partition coefficient (Wildman–Crippen LogP) is 2.20. The van der Waals surface area contributed by atoms with Gasteiger partial charge in [0.2, 0.25) is 5.90 Å². The number of likely N-dealkylation sites (tertiary alicyclic amines) is 1. The van der Waals surface area contributed by atoms with Crippen LogP contribution in [0.5, 0.6) is 0 Å². The number of ether oxygens (including phenoxy) is 1. The molecular formula is C18H23N5O2. The number of aromatic amines is 1. The van der Waals surface area contributed by atoms with E-state index in [1.54, 1.807) is 19.2 Å². The molecular weight excluding hydrogens is 318 g/mol. The van der Waals surface area contributed by atoms with Crippen molar-refractivity contribution in [3.63, 3.8) is 0 Å². The second-order valence-corrected chi connectivity index (χ2v) is 6.21. The largest absolute Gasteiger partial charge is 0.481 e. The minimum absolute atomic E-state index is 0.0506. The molecule has 2 aromatic rings. The molecule has 1 saturated heterocycles. The number of hydrogen-bond acceptors (Lipinski definition) is 6. The molecule has 25 heavy (non-hydrogen) atoms. The standard InChI is InChI=1S/C18H23N5O2/c1-4-7-23-8-5-6-13(23)11-19-18(25-3)15-10-17-16(20-22-21-17)9-14(15)12(2)24/h4,9-10,13H,1,5-8,11H2,2-3H3,(H,20,21,22)/b19-18-. The summed E-state index contributed by atoms with van der Waals surface area (Å²) in [7, 11) is 1.58. The molecule has 0 aliphatic carbocycles. The molecule has 1 atom stereocenters. The summed E-state index contributed by atoms with van der Waals surface area (Å²) in [6.45, 7) is 7.91. The van der Waals surface area contributed by atoms with E-state index in [1.165, 1.54) is 13.3 Å². The Balaban J connectivity index is 1.91. The van der Waals surface area contributed by atoms with Crippen LogP contribution in [-0.4, -0.2) is 64.8 Å². The van der Waals surface area contributed by atoms with Crippen LogP contribution in [0, 0.1) is 0 Å². The molecule has 0 radical (unpaired) electrons. The Morgan fingerprint density at radius 2 is 2.36 bits per heavy atom. The van der Waals surface area contributed by atoms with Crippen LogP contribution in [0.3, 0.4) is 0 Å². The molecule has 7 nitrogen and oxygen atoms in total. The zero-order chi connectivity index (χ0) is 17.8. The third kappa shape index (κ3) is 3.61. The van der Waals surface area contributed by atoms with Crippen LogP contribution < -0.4 is 0 Å². The highest BCUT2D eigenvalue weighted by atomic mass is 16.5. The molecule has 0 saturated carbocycles. The number of Topliss-reactive ketones (excluding diaryl/α,β-unsaturated/α-hetero) is 1. The summed E-state index contributed by atoms with van der Waals surface area (Å²) >= 11 is 0. The summed E-state index contributed by atoms with van der Waals surface area (Å²) in [6, 6.07) is 3.93. The number of carbonyl (C=O) groups is 1. The monoisotopic (exact) mass is 341 g/mol. The van der Waals surface area contributed by atoms with Gasteiger partial charge in [0.1, 0.15) is 5.52 Å². The molecule has 0 bridgehead atoms. The summed E-state index contributed by atoms with van der Waals surface area (Å²) in [4.78, 5) is 19.1. The van der Waals surface area contributed by atoms with Crippen molar-refractivity contribution in [2.45, 2.75) is 25.8 Å². The lowest BCUT2D eigenvalue weighted by Crippen LogP contribution is -2.32. The molecule has 1 aromatic carbocycles. The Morgan fingerprint density at radius 3 is 3.08 bits per heavy atom. The molecule has 132 valence electrons. The number of methoxy groups -OCH3 is 1. The van der Waals surface area contributed by atoms with E-state index < -0.39 is 0 Å². The zero-order valence-electron chi connectivity index (χ0n) is 14.7. The molecule has 0 amide bonds. The predicted molar refractivity (Wildman–Crippen MR) is 97.1 cm³/mol. The van der Waals surface area contributed by atoms with Crippen LogP contribution in [0.1, 0.15) is 35.7 Å². The first-order chi connectivity index (χ1) is 12.1. The number of aromatic nitrogens is 3. The van der Waals surface area contributed by atoms with Crippen molar-refractivity contribution in [2.24, 2.45) is 4.99 Å². The lowest BCUT2D eigenvalue weighted by atomic mass is 10.0. The minimum Gasteiger partial charge on any atom is -0.481 e. The fraction of sp³-hybridized carbons (Fsp3) is 0.444. The number of nitrogens with zero attached hydrogens (tertiary/aromatic N) is 4. The van der Waals surface area contributed by atoms with Crippen molar-refractivity contribution < 1.29 is 9.53 Å². The molecule has 3 rings (SSSR count). The van der Waals surface area contributed by atoms with E-state index in [9.17, 15) is 4.79 Å². The van der Waals surface area contributed by atoms with Gasteiger partial charge in [0.25, 0.3) is 0 Å². The highest BCUT2D eigenvalue weighted by molar-refractivity contribution is 6.09. The Hall–Kier alpha value is -2.54. The van der Waals surface area contributed by atoms with Crippen LogP contribution >= 0.6 is 0 Å². The maximum Gasteiger partial charge on any atom is 0.216 e. The lowest BCUT2D eigenvalue weighted by Gasteiger charge is -2.21.